The van der Waals surface area contributed by atoms with Crippen molar-refractivity contribution in [2.24, 2.45) is 0 Å². The van der Waals surface area contributed by atoms with Gasteiger partial charge in [-0.05, 0) is 25.5 Å². The molecule has 0 aliphatic rings. The van der Waals surface area contributed by atoms with Gasteiger partial charge in [-0.1, -0.05) is 19.1 Å². The minimum Gasteiger partial charge on any atom is -0.393 e. The first-order valence-electron chi connectivity index (χ1n) is 6.55. The average molecular weight is 299 g/mol. The molecule has 0 fully saturated rings. The Kier molecular flexibility index (Phi) is 5.71. The topological polar surface area (TPSA) is 74.7 Å². The minimum absolute atomic E-state index is 0.0469. The molecule has 112 valence electrons. The Morgan fingerprint density at radius 3 is 2.50 bits per heavy atom. The third-order valence-corrected chi connectivity index (χ3v) is 4.85. The number of aliphatic hydroxyl groups excluding tert-OH is 1. The Morgan fingerprint density at radius 1 is 1.35 bits per heavy atom. The summed E-state index contributed by atoms with van der Waals surface area (Å²) in [6.07, 6.45) is -0.0508. The summed E-state index contributed by atoms with van der Waals surface area (Å²) in [5.74, 6) is -0.396. The maximum atomic E-state index is 12.3. The van der Waals surface area contributed by atoms with Crippen LogP contribution >= 0.6 is 0 Å². The summed E-state index contributed by atoms with van der Waals surface area (Å²) in [5.41, 5.74) is 0.183. The first-order chi connectivity index (χ1) is 9.29. The zero-order valence-electron chi connectivity index (χ0n) is 12.0. The lowest BCUT2D eigenvalue weighted by Crippen LogP contribution is -2.30. The van der Waals surface area contributed by atoms with Crippen molar-refractivity contribution in [2.45, 2.75) is 31.3 Å². The first kappa shape index (κ1) is 16.7. The molecule has 20 heavy (non-hydrogen) atoms. The zero-order chi connectivity index (χ0) is 15.3. The van der Waals surface area contributed by atoms with Crippen molar-refractivity contribution in [2.75, 3.05) is 19.3 Å². The van der Waals surface area contributed by atoms with E-state index in [0.29, 0.717) is 13.0 Å². The number of hydrogen-bond donors (Lipinski definition) is 1. The molecule has 0 aliphatic heterocycles. The van der Waals surface area contributed by atoms with Gasteiger partial charge in [0.25, 0.3) is 5.91 Å². The molecular weight excluding hydrogens is 278 g/mol. The van der Waals surface area contributed by atoms with Gasteiger partial charge in [-0.3, -0.25) is 4.79 Å². The van der Waals surface area contributed by atoms with Gasteiger partial charge in [0, 0.05) is 13.6 Å². The van der Waals surface area contributed by atoms with E-state index in [4.69, 9.17) is 0 Å². The number of nitrogens with zero attached hydrogens (tertiary/aromatic N) is 1. The Morgan fingerprint density at radius 2 is 1.95 bits per heavy atom. The van der Waals surface area contributed by atoms with Crippen LogP contribution in [-0.2, 0) is 9.84 Å². The van der Waals surface area contributed by atoms with Crippen molar-refractivity contribution in [1.29, 1.82) is 0 Å². The van der Waals surface area contributed by atoms with E-state index in [2.05, 4.69) is 0 Å². The molecule has 1 rings (SSSR count). The van der Waals surface area contributed by atoms with Crippen LogP contribution in [0.4, 0.5) is 0 Å². The number of rotatable bonds is 6. The van der Waals surface area contributed by atoms with Gasteiger partial charge in [0.1, 0.15) is 0 Å². The maximum Gasteiger partial charge on any atom is 0.254 e. The number of sulfone groups is 1. The fraction of sp³-hybridized carbons (Fsp3) is 0.500. The van der Waals surface area contributed by atoms with Gasteiger partial charge in [0.05, 0.1) is 22.3 Å². The molecule has 1 aromatic rings. The van der Waals surface area contributed by atoms with Gasteiger partial charge in [-0.25, -0.2) is 8.42 Å². The monoisotopic (exact) mass is 299 g/mol. The summed E-state index contributed by atoms with van der Waals surface area (Å²) in [5, 5.41) is 9.24. The lowest BCUT2D eigenvalue weighted by atomic mass is 10.2. The van der Waals surface area contributed by atoms with Crippen LogP contribution in [0.15, 0.2) is 29.2 Å². The molecule has 0 spiro atoms. The van der Waals surface area contributed by atoms with E-state index < -0.39 is 15.9 Å². The van der Waals surface area contributed by atoms with Gasteiger partial charge in [-0.2, -0.15) is 0 Å². The first-order valence-corrected chi connectivity index (χ1v) is 8.20. The number of carbonyl (C=O) groups excluding carboxylic acids is 1. The second kappa shape index (κ2) is 6.85. The molecule has 6 heteroatoms. The molecule has 0 saturated carbocycles. The summed E-state index contributed by atoms with van der Waals surface area (Å²) in [7, 11) is -1.84. The Labute approximate surface area is 120 Å². The fourth-order valence-corrected chi connectivity index (χ4v) is 2.84. The molecule has 1 N–H and O–H groups in total. The average Bonchev–Trinajstić information content (AvgIpc) is 2.43. The number of benzene rings is 1. The maximum absolute atomic E-state index is 12.3. The standard InChI is InChI=1S/C14H21NO4S/c1-4-20(18,19)13-8-6-5-7-12(13)14(17)15(3)10-9-11(2)16/h5-8,11,16H,4,9-10H2,1-3H3. The van der Waals surface area contributed by atoms with Crippen molar-refractivity contribution in [3.05, 3.63) is 29.8 Å². The zero-order valence-corrected chi connectivity index (χ0v) is 12.9. The van der Waals surface area contributed by atoms with Crippen LogP contribution in [0, 0.1) is 0 Å². The highest BCUT2D eigenvalue weighted by atomic mass is 32.2. The lowest BCUT2D eigenvalue weighted by molar-refractivity contribution is 0.0765. The molecule has 0 radical (unpaired) electrons. The molecule has 0 aromatic heterocycles. The molecule has 0 bridgehead atoms. The molecule has 5 nitrogen and oxygen atoms in total. The third kappa shape index (κ3) is 4.05. The summed E-state index contributed by atoms with van der Waals surface area (Å²) >= 11 is 0. The molecule has 1 atom stereocenters. The van der Waals surface area contributed by atoms with E-state index in [0.717, 1.165) is 0 Å². The van der Waals surface area contributed by atoms with E-state index in [1.165, 1.54) is 17.0 Å². The van der Waals surface area contributed by atoms with Gasteiger partial charge in [0.2, 0.25) is 0 Å². The highest BCUT2D eigenvalue weighted by Gasteiger charge is 2.22. The minimum atomic E-state index is -3.44. The molecule has 0 heterocycles. The summed E-state index contributed by atoms with van der Waals surface area (Å²) in [4.78, 5) is 13.8. The molecule has 0 aliphatic carbocycles. The van der Waals surface area contributed by atoms with Gasteiger partial charge < -0.3 is 10.0 Å². The van der Waals surface area contributed by atoms with Gasteiger partial charge in [-0.15, -0.1) is 0 Å². The van der Waals surface area contributed by atoms with Crippen LogP contribution in [0.25, 0.3) is 0 Å². The lowest BCUT2D eigenvalue weighted by Gasteiger charge is -2.19. The predicted molar refractivity (Wildman–Crippen MR) is 77.4 cm³/mol. The normalized spacial score (nSPS) is 13.0. The highest BCUT2D eigenvalue weighted by molar-refractivity contribution is 7.91. The highest BCUT2D eigenvalue weighted by Crippen LogP contribution is 2.18. The van der Waals surface area contributed by atoms with E-state index >= 15 is 0 Å². The SMILES string of the molecule is CCS(=O)(=O)c1ccccc1C(=O)N(C)CCC(C)O. The molecule has 1 unspecified atom stereocenters. The van der Waals surface area contributed by atoms with E-state index in [-0.39, 0.29) is 22.1 Å². The van der Waals surface area contributed by atoms with Crippen molar-refractivity contribution in [3.8, 4) is 0 Å². The second-order valence-electron chi connectivity index (χ2n) is 4.76. The predicted octanol–water partition coefficient (Wildman–Crippen LogP) is 1.32. The summed E-state index contributed by atoms with van der Waals surface area (Å²) in [6.45, 7) is 3.57. The number of hydrogen-bond acceptors (Lipinski definition) is 4. The summed E-state index contributed by atoms with van der Waals surface area (Å²) in [6, 6.07) is 6.22. The van der Waals surface area contributed by atoms with Crippen molar-refractivity contribution in [3.63, 3.8) is 0 Å². The quantitative estimate of drug-likeness (QED) is 0.859. The van der Waals surface area contributed by atoms with Crippen LogP contribution in [0.3, 0.4) is 0 Å². The number of amides is 1. The molecule has 0 saturated heterocycles. The van der Waals surface area contributed by atoms with Crippen LogP contribution in [0.2, 0.25) is 0 Å². The van der Waals surface area contributed by atoms with Crippen molar-refractivity contribution < 1.29 is 18.3 Å². The molecule has 1 aromatic carbocycles. The van der Waals surface area contributed by atoms with Crippen LogP contribution in [-0.4, -0.2) is 49.8 Å². The Balaban J connectivity index is 3.05. The van der Waals surface area contributed by atoms with Gasteiger partial charge >= 0.3 is 0 Å². The number of carbonyl (C=O) groups is 1. The summed E-state index contributed by atoms with van der Waals surface area (Å²) < 4.78 is 24.0. The largest absolute Gasteiger partial charge is 0.393 e. The molecule has 1 amide bonds. The fourth-order valence-electron chi connectivity index (χ4n) is 1.76. The van der Waals surface area contributed by atoms with Crippen LogP contribution < -0.4 is 0 Å². The number of aliphatic hydroxyl groups is 1. The second-order valence-corrected chi connectivity index (χ2v) is 7.01. The van der Waals surface area contributed by atoms with Crippen molar-refractivity contribution >= 4 is 15.7 Å². The smallest absolute Gasteiger partial charge is 0.254 e. The van der Waals surface area contributed by atoms with Crippen LogP contribution in [0.5, 0.6) is 0 Å². The molecular formula is C14H21NO4S. The third-order valence-electron chi connectivity index (χ3n) is 3.06. The van der Waals surface area contributed by atoms with Crippen LogP contribution in [0.1, 0.15) is 30.6 Å². The Hall–Kier alpha value is -1.40. The van der Waals surface area contributed by atoms with Gasteiger partial charge in [0.15, 0.2) is 9.84 Å². The van der Waals surface area contributed by atoms with E-state index in [1.54, 1.807) is 33.0 Å². The Bertz CT molecular complexity index is 566. The van der Waals surface area contributed by atoms with E-state index in [9.17, 15) is 18.3 Å². The van der Waals surface area contributed by atoms with E-state index in [1.807, 2.05) is 0 Å². The van der Waals surface area contributed by atoms with Crippen molar-refractivity contribution in [1.82, 2.24) is 4.90 Å².